The van der Waals surface area contributed by atoms with Crippen LogP contribution in [-0.4, -0.2) is 43.8 Å². The number of nitrogens with zero attached hydrogens (tertiary/aromatic N) is 2. The van der Waals surface area contributed by atoms with Crippen LogP contribution in [0.25, 0.3) is 11.1 Å². The van der Waals surface area contributed by atoms with Gasteiger partial charge in [-0.1, -0.05) is 35.9 Å². The Balaban J connectivity index is 1.19. The Morgan fingerprint density at radius 3 is 2.33 bits per heavy atom. The van der Waals surface area contributed by atoms with Crippen molar-refractivity contribution >= 4 is 34.9 Å². The average molecular weight is 683 g/mol. The fourth-order valence-electron chi connectivity index (χ4n) is 6.34. The van der Waals surface area contributed by atoms with Crippen molar-refractivity contribution in [2.75, 3.05) is 36.6 Å². The smallest absolute Gasteiger partial charge is 0.313 e. The second kappa shape index (κ2) is 13.4. The highest BCUT2D eigenvalue weighted by Crippen LogP contribution is 2.41. The molecule has 4 aromatic carbocycles. The molecule has 2 heterocycles. The van der Waals surface area contributed by atoms with Gasteiger partial charge in [-0.15, -0.1) is 0 Å². The largest absolute Gasteiger partial charge is 0.497 e. The van der Waals surface area contributed by atoms with Crippen LogP contribution in [-0.2, 0) is 22.6 Å². The van der Waals surface area contributed by atoms with Gasteiger partial charge < -0.3 is 24.4 Å². The Kier molecular flexibility index (Phi) is 9.24. The van der Waals surface area contributed by atoms with Gasteiger partial charge in [0.25, 0.3) is 0 Å². The average Bonchev–Trinajstić information content (AvgIpc) is 3.08. The van der Waals surface area contributed by atoms with Crippen LogP contribution in [0.1, 0.15) is 30.4 Å². The summed E-state index contributed by atoms with van der Waals surface area (Å²) >= 11 is 5.82. The first-order valence-corrected chi connectivity index (χ1v) is 15.7. The first-order valence-electron chi connectivity index (χ1n) is 15.3. The van der Waals surface area contributed by atoms with E-state index in [1.165, 1.54) is 35.2 Å². The van der Waals surface area contributed by atoms with E-state index in [1.54, 1.807) is 36.3 Å². The molecule has 250 valence electrons. The molecule has 0 bridgehead atoms. The van der Waals surface area contributed by atoms with E-state index in [2.05, 4.69) is 0 Å². The summed E-state index contributed by atoms with van der Waals surface area (Å²) < 4.78 is 71.6. The van der Waals surface area contributed by atoms with Gasteiger partial charge in [0.1, 0.15) is 46.8 Å². The number of fused-ring (bicyclic) bond motifs is 1. The van der Waals surface area contributed by atoms with Gasteiger partial charge in [-0.3, -0.25) is 9.59 Å². The third-order valence-electron chi connectivity index (χ3n) is 9.15. The first-order chi connectivity index (χ1) is 23.0. The zero-order valence-corrected chi connectivity index (χ0v) is 26.6. The van der Waals surface area contributed by atoms with Gasteiger partial charge in [0, 0.05) is 42.3 Å². The van der Waals surface area contributed by atoms with Gasteiger partial charge in [0.15, 0.2) is 0 Å². The minimum atomic E-state index is -1.37. The number of aliphatic carboxylic acids is 1. The summed E-state index contributed by atoms with van der Waals surface area (Å²) in [7, 11) is 1.54. The van der Waals surface area contributed by atoms with E-state index in [4.69, 9.17) is 21.1 Å². The number of carboxylic acid groups (broad SMARTS) is 1. The molecule has 0 aromatic heterocycles. The normalized spacial score (nSPS) is 15.7. The van der Waals surface area contributed by atoms with Gasteiger partial charge in [-0.05, 0) is 61.2 Å². The number of benzene rings is 4. The topological polar surface area (TPSA) is 79.3 Å². The molecular formula is C36H31ClF4N2O5. The highest BCUT2D eigenvalue weighted by molar-refractivity contribution is 6.31. The zero-order valence-electron chi connectivity index (χ0n) is 25.9. The fourth-order valence-corrected chi connectivity index (χ4v) is 6.51. The van der Waals surface area contributed by atoms with Crippen LogP contribution < -0.4 is 19.3 Å². The summed E-state index contributed by atoms with van der Waals surface area (Å²) in [6, 6.07) is 15.6. The quantitative estimate of drug-likeness (QED) is 0.182. The summed E-state index contributed by atoms with van der Waals surface area (Å²) in [5, 5.41) is 10.1. The van der Waals surface area contributed by atoms with Gasteiger partial charge in [-0.25, -0.2) is 17.6 Å². The molecule has 1 fully saturated rings. The standard InChI is InChI=1S/C36H31ClF4N2O5/c1-47-22-7-5-21(6-8-22)19-43-32(44)12-9-24-31(11-10-27(38)34(24)43)48-20-36(35(45)46)13-15-42(16-14-36)30-18-28(39)25(17-29(30)40)23-3-2-4-26(37)33(23)41/h2-8,10-11,17-18H,9,12-16,19-20H2,1H3,(H,45,46). The molecule has 1 amide bonds. The lowest BCUT2D eigenvalue weighted by molar-refractivity contribution is -0.152. The van der Waals surface area contributed by atoms with E-state index in [0.717, 1.165) is 17.7 Å². The number of anilines is 2. The van der Waals surface area contributed by atoms with E-state index in [-0.39, 0.29) is 91.1 Å². The maximum absolute atomic E-state index is 15.3. The molecule has 0 radical (unpaired) electrons. The monoisotopic (exact) mass is 682 g/mol. The molecule has 1 N–H and O–H groups in total. The summed E-state index contributed by atoms with van der Waals surface area (Å²) in [5.74, 6) is -3.57. The predicted molar refractivity (Wildman–Crippen MR) is 173 cm³/mol. The summed E-state index contributed by atoms with van der Waals surface area (Å²) in [5.41, 5.74) is -0.582. The van der Waals surface area contributed by atoms with Crippen LogP contribution in [0.3, 0.4) is 0 Å². The van der Waals surface area contributed by atoms with Crippen molar-refractivity contribution in [3.05, 3.63) is 106 Å². The molecule has 48 heavy (non-hydrogen) atoms. The highest BCUT2D eigenvalue weighted by Gasteiger charge is 2.43. The van der Waals surface area contributed by atoms with Crippen LogP contribution in [0.4, 0.5) is 28.9 Å². The molecule has 2 aliphatic rings. The van der Waals surface area contributed by atoms with Crippen molar-refractivity contribution in [2.45, 2.75) is 32.2 Å². The predicted octanol–water partition coefficient (Wildman–Crippen LogP) is 7.80. The lowest BCUT2D eigenvalue weighted by atomic mass is 9.79. The summed E-state index contributed by atoms with van der Waals surface area (Å²) in [6.45, 7) is 0.00683. The second-order valence-corrected chi connectivity index (χ2v) is 12.4. The van der Waals surface area contributed by atoms with Gasteiger partial charge in [0.2, 0.25) is 5.91 Å². The number of carbonyl (C=O) groups excluding carboxylic acids is 1. The Labute approximate surface area is 279 Å². The second-order valence-electron chi connectivity index (χ2n) is 11.9. The number of halogens is 5. The number of rotatable bonds is 9. The van der Waals surface area contributed by atoms with Gasteiger partial charge >= 0.3 is 5.97 Å². The number of carbonyl (C=O) groups is 2. The molecule has 0 saturated carbocycles. The first kappa shape index (κ1) is 33.1. The maximum Gasteiger partial charge on any atom is 0.313 e. The van der Waals surface area contributed by atoms with E-state index in [0.29, 0.717) is 11.3 Å². The van der Waals surface area contributed by atoms with Crippen LogP contribution in [0.15, 0.2) is 66.7 Å². The Morgan fingerprint density at radius 1 is 0.917 bits per heavy atom. The number of hydrogen-bond donors (Lipinski definition) is 1. The Hall–Kier alpha value is -4.77. The van der Waals surface area contributed by atoms with E-state index in [9.17, 15) is 19.1 Å². The fraction of sp³-hybridized carbons (Fsp3) is 0.278. The molecule has 7 nitrogen and oxygen atoms in total. The van der Waals surface area contributed by atoms with Crippen molar-refractivity contribution in [3.63, 3.8) is 0 Å². The van der Waals surface area contributed by atoms with E-state index < -0.39 is 34.7 Å². The molecular weight excluding hydrogens is 652 g/mol. The summed E-state index contributed by atoms with van der Waals surface area (Å²) in [4.78, 5) is 28.5. The lowest BCUT2D eigenvalue weighted by Gasteiger charge is -2.40. The summed E-state index contributed by atoms with van der Waals surface area (Å²) in [6.07, 6.45) is 0.417. The SMILES string of the molecule is COc1ccc(CN2C(=O)CCc3c(OCC4(C(=O)O)CCN(c5cc(F)c(-c6cccc(Cl)c6F)cc5F)CC4)ccc(F)c32)cc1. The van der Waals surface area contributed by atoms with E-state index >= 15 is 13.2 Å². The van der Waals surface area contributed by atoms with Crippen molar-refractivity contribution in [2.24, 2.45) is 5.41 Å². The Bertz CT molecular complexity index is 1880. The van der Waals surface area contributed by atoms with Crippen LogP contribution in [0.5, 0.6) is 11.5 Å². The van der Waals surface area contributed by atoms with Crippen molar-refractivity contribution in [1.82, 2.24) is 0 Å². The minimum Gasteiger partial charge on any atom is -0.497 e. The molecule has 0 atom stereocenters. The van der Waals surface area contributed by atoms with Crippen LogP contribution in [0.2, 0.25) is 5.02 Å². The van der Waals surface area contributed by atoms with Crippen molar-refractivity contribution in [3.8, 4) is 22.6 Å². The molecule has 4 aromatic rings. The Morgan fingerprint density at radius 2 is 1.65 bits per heavy atom. The third kappa shape index (κ3) is 6.26. The maximum atomic E-state index is 15.3. The number of carboxylic acids is 1. The van der Waals surface area contributed by atoms with E-state index in [1.807, 2.05) is 0 Å². The molecule has 0 aliphatic carbocycles. The number of piperidine rings is 1. The molecule has 0 spiro atoms. The molecule has 1 saturated heterocycles. The van der Waals surface area contributed by atoms with Crippen molar-refractivity contribution < 1.29 is 41.7 Å². The number of hydrogen-bond acceptors (Lipinski definition) is 5. The van der Waals surface area contributed by atoms with Crippen molar-refractivity contribution in [1.29, 1.82) is 0 Å². The lowest BCUT2D eigenvalue weighted by Crippen LogP contribution is -2.48. The number of ether oxygens (including phenoxy) is 2. The van der Waals surface area contributed by atoms with Gasteiger partial charge in [-0.2, -0.15) is 0 Å². The molecule has 12 heteroatoms. The third-order valence-corrected chi connectivity index (χ3v) is 9.44. The molecule has 2 aliphatic heterocycles. The van der Waals surface area contributed by atoms with Crippen LogP contribution in [0, 0.1) is 28.7 Å². The highest BCUT2D eigenvalue weighted by atomic mass is 35.5. The molecule has 6 rings (SSSR count). The minimum absolute atomic E-state index is 0.0412. The molecule has 0 unspecified atom stereocenters. The number of amides is 1. The zero-order chi connectivity index (χ0) is 34.2. The van der Waals surface area contributed by atoms with Crippen LogP contribution >= 0.6 is 11.6 Å². The van der Waals surface area contributed by atoms with Gasteiger partial charge in [0.05, 0.1) is 30.1 Å². The number of methoxy groups -OCH3 is 1.